The Hall–Kier alpha value is -3.36. The molecule has 32 heavy (non-hydrogen) atoms. The minimum Gasteiger partial charge on any atom is -0.490 e. The van der Waals surface area contributed by atoms with Crippen LogP contribution in [0.4, 0.5) is 5.69 Å². The normalized spacial score (nSPS) is 19.5. The highest BCUT2D eigenvalue weighted by atomic mass is 16.5. The number of hydrogen-bond acceptors (Lipinski definition) is 6. The zero-order valence-corrected chi connectivity index (χ0v) is 18.6. The predicted molar refractivity (Wildman–Crippen MR) is 117 cm³/mol. The van der Waals surface area contributed by atoms with Gasteiger partial charge in [0.1, 0.15) is 6.54 Å². The zero-order chi connectivity index (χ0) is 23.3. The molecule has 0 saturated carbocycles. The summed E-state index contributed by atoms with van der Waals surface area (Å²) in [4.78, 5) is 52.3. The molecule has 1 heterocycles. The van der Waals surface area contributed by atoms with E-state index in [1.807, 2.05) is 26.0 Å². The van der Waals surface area contributed by atoms with Gasteiger partial charge in [0, 0.05) is 18.8 Å². The first-order chi connectivity index (χ1) is 15.3. The topological polar surface area (TPSA) is 105 Å². The van der Waals surface area contributed by atoms with E-state index in [2.05, 4.69) is 5.32 Å². The second-order valence-electron chi connectivity index (χ2n) is 7.74. The summed E-state index contributed by atoms with van der Waals surface area (Å²) in [5.41, 5.74) is 0.504. The second-order valence-corrected chi connectivity index (χ2v) is 7.74. The number of carbonyl (C=O) groups is 4. The lowest BCUT2D eigenvalue weighted by atomic mass is 9.85. The number of ether oxygens (including phenoxy) is 2. The molecule has 1 fully saturated rings. The van der Waals surface area contributed by atoms with Crippen molar-refractivity contribution in [3.05, 3.63) is 30.4 Å². The third-order valence-electron chi connectivity index (χ3n) is 5.53. The SMILES string of the molecule is CCOc1ccc(NC(=O)CN(C)C(=O)CN2C(=O)[C@H]3CC=CC[C@@H]3C2=O)cc1OCC. The minimum absolute atomic E-state index is 0.222. The molecule has 1 saturated heterocycles. The summed E-state index contributed by atoms with van der Waals surface area (Å²) in [6, 6.07) is 5.05. The summed E-state index contributed by atoms with van der Waals surface area (Å²) in [5, 5.41) is 2.72. The van der Waals surface area contributed by atoms with Crippen LogP contribution in [-0.4, -0.2) is 66.8 Å². The number of hydrogen-bond donors (Lipinski definition) is 1. The van der Waals surface area contributed by atoms with Crippen molar-refractivity contribution in [3.63, 3.8) is 0 Å². The van der Waals surface area contributed by atoms with Gasteiger partial charge in [0.05, 0.1) is 31.6 Å². The van der Waals surface area contributed by atoms with Gasteiger partial charge in [-0.25, -0.2) is 0 Å². The largest absolute Gasteiger partial charge is 0.490 e. The molecule has 0 aromatic heterocycles. The van der Waals surface area contributed by atoms with E-state index in [1.54, 1.807) is 18.2 Å². The van der Waals surface area contributed by atoms with E-state index in [9.17, 15) is 19.2 Å². The fraction of sp³-hybridized carbons (Fsp3) is 0.478. The Morgan fingerprint density at radius 3 is 2.22 bits per heavy atom. The molecule has 1 aliphatic carbocycles. The number of likely N-dealkylation sites (N-methyl/N-ethyl adjacent to an activating group) is 1. The lowest BCUT2D eigenvalue weighted by molar-refractivity contribution is -0.146. The number of fused-ring (bicyclic) bond motifs is 1. The fourth-order valence-electron chi connectivity index (χ4n) is 3.91. The molecular formula is C23H29N3O6. The minimum atomic E-state index is -0.477. The Bertz CT molecular complexity index is 902. The highest BCUT2D eigenvalue weighted by Crippen LogP contribution is 2.35. The van der Waals surface area contributed by atoms with E-state index in [1.165, 1.54) is 11.9 Å². The summed E-state index contributed by atoms with van der Waals surface area (Å²) in [7, 11) is 1.46. The maximum Gasteiger partial charge on any atom is 0.243 e. The summed E-state index contributed by atoms with van der Waals surface area (Å²) in [6.07, 6.45) is 4.83. The van der Waals surface area contributed by atoms with Crippen molar-refractivity contribution in [3.8, 4) is 11.5 Å². The number of imide groups is 1. The van der Waals surface area contributed by atoms with Gasteiger partial charge in [-0.1, -0.05) is 12.2 Å². The summed E-state index contributed by atoms with van der Waals surface area (Å²) in [6.45, 7) is 4.07. The number of benzene rings is 1. The Morgan fingerprint density at radius 1 is 1.03 bits per heavy atom. The highest BCUT2D eigenvalue weighted by molar-refractivity contribution is 6.07. The van der Waals surface area contributed by atoms with Crippen molar-refractivity contribution in [2.24, 2.45) is 11.8 Å². The molecule has 0 bridgehead atoms. The summed E-state index contributed by atoms with van der Waals surface area (Å²) >= 11 is 0. The van der Waals surface area contributed by atoms with Gasteiger partial charge < -0.3 is 19.7 Å². The number of nitrogens with zero attached hydrogens (tertiary/aromatic N) is 2. The first kappa shape index (κ1) is 23.3. The number of nitrogens with one attached hydrogen (secondary N) is 1. The molecule has 9 heteroatoms. The van der Waals surface area contributed by atoms with Gasteiger partial charge in [-0.05, 0) is 38.8 Å². The predicted octanol–water partition coefficient (Wildman–Crippen LogP) is 1.83. The van der Waals surface area contributed by atoms with Crippen LogP contribution in [0.2, 0.25) is 0 Å². The average molecular weight is 444 g/mol. The quantitative estimate of drug-likeness (QED) is 0.461. The van der Waals surface area contributed by atoms with Crippen LogP contribution in [0, 0.1) is 11.8 Å². The van der Waals surface area contributed by atoms with Crippen molar-refractivity contribution >= 4 is 29.3 Å². The van der Waals surface area contributed by atoms with Gasteiger partial charge >= 0.3 is 0 Å². The number of likely N-dealkylation sites (tertiary alicyclic amines) is 1. The Balaban J connectivity index is 1.56. The molecule has 2 atom stereocenters. The van der Waals surface area contributed by atoms with Crippen LogP contribution in [0.25, 0.3) is 0 Å². The molecule has 3 rings (SSSR count). The number of allylic oxidation sites excluding steroid dienone is 2. The van der Waals surface area contributed by atoms with Crippen LogP contribution in [-0.2, 0) is 19.2 Å². The van der Waals surface area contributed by atoms with Crippen LogP contribution >= 0.6 is 0 Å². The third-order valence-corrected chi connectivity index (χ3v) is 5.53. The maximum absolute atomic E-state index is 12.6. The Morgan fingerprint density at radius 2 is 1.62 bits per heavy atom. The van der Waals surface area contributed by atoms with Gasteiger partial charge in [-0.2, -0.15) is 0 Å². The van der Waals surface area contributed by atoms with Gasteiger partial charge in [0.25, 0.3) is 0 Å². The van der Waals surface area contributed by atoms with E-state index >= 15 is 0 Å². The smallest absolute Gasteiger partial charge is 0.243 e. The molecule has 9 nitrogen and oxygen atoms in total. The van der Waals surface area contributed by atoms with Crippen LogP contribution in [0.1, 0.15) is 26.7 Å². The first-order valence-electron chi connectivity index (χ1n) is 10.8. The summed E-state index contributed by atoms with van der Waals surface area (Å²) < 4.78 is 11.1. The highest BCUT2D eigenvalue weighted by Gasteiger charge is 2.47. The molecule has 172 valence electrons. The zero-order valence-electron chi connectivity index (χ0n) is 18.6. The fourth-order valence-corrected chi connectivity index (χ4v) is 3.91. The van der Waals surface area contributed by atoms with Gasteiger partial charge in [-0.3, -0.25) is 24.1 Å². The van der Waals surface area contributed by atoms with Crippen LogP contribution in [0.15, 0.2) is 30.4 Å². The third kappa shape index (κ3) is 5.09. The average Bonchev–Trinajstić information content (AvgIpc) is 3.01. The van der Waals surface area contributed by atoms with Crippen LogP contribution in [0.5, 0.6) is 11.5 Å². The van der Waals surface area contributed by atoms with Crippen molar-refractivity contribution < 1.29 is 28.7 Å². The number of amides is 4. The molecule has 1 aliphatic heterocycles. The van der Waals surface area contributed by atoms with E-state index in [0.717, 1.165) is 4.90 Å². The van der Waals surface area contributed by atoms with E-state index < -0.39 is 11.8 Å². The summed E-state index contributed by atoms with van der Waals surface area (Å²) in [5.74, 6) is -1.18. The molecule has 4 amide bonds. The standard InChI is InChI=1S/C23H29N3O6/c1-4-31-18-11-10-15(12-19(18)32-5-2)24-20(27)13-25(3)21(28)14-26-22(29)16-8-6-7-9-17(16)23(26)30/h6-7,10-12,16-17H,4-5,8-9,13-14H2,1-3H3,(H,24,27)/t16-,17-/m0/s1. The van der Waals surface area contributed by atoms with Crippen molar-refractivity contribution in [1.82, 2.24) is 9.80 Å². The van der Waals surface area contributed by atoms with E-state index in [4.69, 9.17) is 9.47 Å². The molecule has 1 aromatic rings. The maximum atomic E-state index is 12.6. The Labute approximate surface area is 187 Å². The van der Waals surface area contributed by atoms with Gasteiger partial charge in [-0.15, -0.1) is 0 Å². The van der Waals surface area contributed by atoms with Crippen LogP contribution in [0.3, 0.4) is 0 Å². The molecule has 1 N–H and O–H groups in total. The second kappa shape index (κ2) is 10.3. The van der Waals surface area contributed by atoms with Crippen molar-refractivity contribution in [1.29, 1.82) is 0 Å². The molecule has 0 radical (unpaired) electrons. The van der Waals surface area contributed by atoms with Gasteiger partial charge in [0.2, 0.25) is 23.6 Å². The number of rotatable bonds is 9. The van der Waals surface area contributed by atoms with E-state index in [0.29, 0.717) is 43.2 Å². The molecule has 2 aliphatic rings. The lowest BCUT2D eigenvalue weighted by Gasteiger charge is -2.21. The van der Waals surface area contributed by atoms with Crippen molar-refractivity contribution in [2.45, 2.75) is 26.7 Å². The molecule has 1 aromatic carbocycles. The Kier molecular flexibility index (Phi) is 7.50. The lowest BCUT2D eigenvalue weighted by Crippen LogP contribution is -2.44. The van der Waals surface area contributed by atoms with E-state index in [-0.39, 0.29) is 36.7 Å². The number of carbonyl (C=O) groups excluding carboxylic acids is 4. The number of anilines is 1. The molecule has 0 unspecified atom stereocenters. The van der Waals surface area contributed by atoms with Gasteiger partial charge in [0.15, 0.2) is 11.5 Å². The first-order valence-corrected chi connectivity index (χ1v) is 10.8. The monoisotopic (exact) mass is 443 g/mol. The molecular weight excluding hydrogens is 414 g/mol. The van der Waals surface area contributed by atoms with Crippen LogP contribution < -0.4 is 14.8 Å². The van der Waals surface area contributed by atoms with Crippen molar-refractivity contribution in [2.75, 3.05) is 38.7 Å². The molecule has 0 spiro atoms.